The summed E-state index contributed by atoms with van der Waals surface area (Å²) < 4.78 is 24.8. The molecule has 5 aromatic rings. The van der Waals surface area contributed by atoms with Gasteiger partial charge in [0.25, 0.3) is 0 Å². The zero-order valence-corrected chi connectivity index (χ0v) is 25.6. The number of hydrogen-bond donors (Lipinski definition) is 0. The molecule has 1 fully saturated rings. The van der Waals surface area contributed by atoms with Crippen molar-refractivity contribution in [3.63, 3.8) is 0 Å². The maximum absolute atomic E-state index is 13.6. The molecular formula is C36H33NO6S. The third-order valence-corrected chi connectivity index (χ3v) is 8.09. The first-order valence-electron chi connectivity index (χ1n) is 14.5. The van der Waals surface area contributed by atoms with Crippen LogP contribution in [0.25, 0.3) is 10.1 Å². The lowest BCUT2D eigenvalue weighted by Gasteiger charge is -2.39. The fourth-order valence-corrected chi connectivity index (χ4v) is 5.86. The standard InChI is InChI=1S/C36H33NO6S/c1-36(2,3)43-35(39)37-21-29(22-37)41-26-14-16-27(17-15-26)42-33-30-19-18-28(40-23-24-10-6-4-7-11-24)20-31(30)44-34(33)32(38)25-12-8-5-9-13-25/h4-20,29H,21-23H2,1-3H3. The van der Waals surface area contributed by atoms with Gasteiger partial charge in [0.2, 0.25) is 5.78 Å². The van der Waals surface area contributed by atoms with Crippen LogP contribution >= 0.6 is 11.3 Å². The predicted octanol–water partition coefficient (Wildman–Crippen LogP) is 8.50. The minimum atomic E-state index is -0.531. The van der Waals surface area contributed by atoms with Crippen molar-refractivity contribution in [3.05, 3.63) is 119 Å². The number of amides is 1. The quantitative estimate of drug-likeness (QED) is 0.156. The summed E-state index contributed by atoms with van der Waals surface area (Å²) in [6, 6.07) is 32.3. The third-order valence-electron chi connectivity index (χ3n) is 6.95. The molecule has 0 bridgehead atoms. The second-order valence-corrected chi connectivity index (χ2v) is 12.6. The largest absolute Gasteiger partial charge is 0.489 e. The molecule has 0 unspecified atom stereocenters. The van der Waals surface area contributed by atoms with Gasteiger partial charge >= 0.3 is 6.09 Å². The highest BCUT2D eigenvalue weighted by atomic mass is 32.1. The lowest BCUT2D eigenvalue weighted by atomic mass is 10.1. The SMILES string of the molecule is CC(C)(C)OC(=O)N1CC(Oc2ccc(Oc3c(C(=O)c4ccccc4)sc4cc(OCc5ccccc5)ccc34)cc2)C1. The Bertz CT molecular complexity index is 1750. The summed E-state index contributed by atoms with van der Waals surface area (Å²) in [4.78, 5) is 28.0. The van der Waals surface area contributed by atoms with Crippen LogP contribution in [0.1, 0.15) is 41.6 Å². The van der Waals surface area contributed by atoms with Crippen LogP contribution in [0.15, 0.2) is 103 Å². The molecule has 7 nitrogen and oxygen atoms in total. The third kappa shape index (κ3) is 6.87. The molecule has 1 aromatic heterocycles. The van der Waals surface area contributed by atoms with E-state index in [9.17, 15) is 9.59 Å². The van der Waals surface area contributed by atoms with Gasteiger partial charge in [0.1, 0.15) is 40.4 Å². The first kappa shape index (κ1) is 29.3. The molecule has 0 saturated carbocycles. The molecule has 0 aliphatic carbocycles. The number of likely N-dealkylation sites (tertiary alicyclic amines) is 1. The molecule has 0 spiro atoms. The molecule has 1 aliphatic heterocycles. The topological polar surface area (TPSA) is 74.3 Å². The number of benzene rings is 4. The monoisotopic (exact) mass is 607 g/mol. The number of carbonyl (C=O) groups excluding carboxylic acids is 2. The van der Waals surface area contributed by atoms with Gasteiger partial charge in [0.05, 0.1) is 13.1 Å². The summed E-state index contributed by atoms with van der Waals surface area (Å²) in [5, 5.41) is 0.832. The second kappa shape index (κ2) is 12.4. The molecular weight excluding hydrogens is 574 g/mol. The average Bonchev–Trinajstić information content (AvgIpc) is 3.35. The van der Waals surface area contributed by atoms with Gasteiger partial charge in [-0.3, -0.25) is 4.79 Å². The fourth-order valence-electron chi connectivity index (χ4n) is 4.74. The zero-order valence-electron chi connectivity index (χ0n) is 24.8. The van der Waals surface area contributed by atoms with E-state index >= 15 is 0 Å². The number of hydrogen-bond acceptors (Lipinski definition) is 7. The number of thiophene rings is 1. The molecule has 1 aliphatic rings. The number of ether oxygens (including phenoxy) is 4. The minimum Gasteiger partial charge on any atom is -0.489 e. The Kier molecular flexibility index (Phi) is 8.26. The minimum absolute atomic E-state index is 0.104. The van der Waals surface area contributed by atoms with Crippen molar-refractivity contribution in [1.29, 1.82) is 0 Å². The second-order valence-electron chi connectivity index (χ2n) is 11.6. The summed E-state index contributed by atoms with van der Waals surface area (Å²) in [6.45, 7) is 6.93. The molecule has 224 valence electrons. The lowest BCUT2D eigenvalue weighted by molar-refractivity contribution is -0.0221. The van der Waals surface area contributed by atoms with Crippen molar-refractivity contribution >= 4 is 33.3 Å². The number of fused-ring (bicyclic) bond motifs is 1. The summed E-state index contributed by atoms with van der Waals surface area (Å²) in [6.07, 6.45) is -0.441. The van der Waals surface area contributed by atoms with Crippen molar-refractivity contribution in [2.45, 2.75) is 39.1 Å². The molecule has 6 rings (SSSR count). The van der Waals surface area contributed by atoms with Crippen LogP contribution in [0.2, 0.25) is 0 Å². The molecule has 1 amide bonds. The molecule has 2 heterocycles. The van der Waals surface area contributed by atoms with E-state index < -0.39 is 5.60 Å². The fraction of sp³-hybridized carbons (Fsp3) is 0.222. The van der Waals surface area contributed by atoms with Gasteiger partial charge in [-0.25, -0.2) is 4.79 Å². The Labute approximate surface area is 260 Å². The van der Waals surface area contributed by atoms with Crippen molar-refractivity contribution in [2.75, 3.05) is 13.1 Å². The van der Waals surface area contributed by atoms with E-state index in [1.807, 2.05) is 112 Å². The first-order chi connectivity index (χ1) is 21.2. The van der Waals surface area contributed by atoms with E-state index in [1.165, 1.54) is 11.3 Å². The molecule has 0 atom stereocenters. The van der Waals surface area contributed by atoms with Crippen molar-refractivity contribution in [1.82, 2.24) is 4.90 Å². The van der Waals surface area contributed by atoms with Gasteiger partial charge in [-0.05, 0) is 68.8 Å². The van der Waals surface area contributed by atoms with Crippen LogP contribution in [0, 0.1) is 0 Å². The van der Waals surface area contributed by atoms with Crippen molar-refractivity contribution < 1.29 is 28.5 Å². The number of rotatable bonds is 9. The molecule has 1 saturated heterocycles. The van der Waals surface area contributed by atoms with Crippen molar-refractivity contribution in [2.24, 2.45) is 0 Å². The summed E-state index contributed by atoms with van der Waals surface area (Å²) in [5.74, 6) is 2.37. The van der Waals surface area contributed by atoms with E-state index in [0.29, 0.717) is 47.4 Å². The van der Waals surface area contributed by atoms with Gasteiger partial charge in [-0.2, -0.15) is 0 Å². The van der Waals surface area contributed by atoms with Crippen LogP contribution < -0.4 is 14.2 Å². The zero-order chi connectivity index (χ0) is 30.7. The number of ketones is 1. The van der Waals surface area contributed by atoms with Crippen LogP contribution in [0.5, 0.6) is 23.0 Å². The highest BCUT2D eigenvalue weighted by Gasteiger charge is 2.35. The predicted molar refractivity (Wildman–Crippen MR) is 171 cm³/mol. The molecule has 0 radical (unpaired) electrons. The Morgan fingerprint density at radius 2 is 1.45 bits per heavy atom. The Morgan fingerprint density at radius 1 is 0.818 bits per heavy atom. The highest BCUT2D eigenvalue weighted by molar-refractivity contribution is 7.21. The van der Waals surface area contributed by atoms with E-state index in [4.69, 9.17) is 18.9 Å². The average molecular weight is 608 g/mol. The summed E-state index contributed by atoms with van der Waals surface area (Å²) >= 11 is 1.39. The van der Waals surface area contributed by atoms with Gasteiger partial charge in [0, 0.05) is 15.6 Å². The van der Waals surface area contributed by atoms with E-state index in [0.717, 1.165) is 21.4 Å². The van der Waals surface area contributed by atoms with E-state index in [1.54, 1.807) is 17.0 Å². The Morgan fingerprint density at radius 3 is 2.14 bits per heavy atom. The Hall–Kier alpha value is -4.82. The van der Waals surface area contributed by atoms with Crippen LogP contribution in [0.4, 0.5) is 4.79 Å². The lowest BCUT2D eigenvalue weighted by Crippen LogP contribution is -2.57. The number of carbonyl (C=O) groups is 2. The van der Waals surface area contributed by atoms with Gasteiger partial charge in [0.15, 0.2) is 5.75 Å². The van der Waals surface area contributed by atoms with Crippen LogP contribution in [-0.4, -0.2) is 41.6 Å². The summed E-state index contributed by atoms with van der Waals surface area (Å²) in [7, 11) is 0. The van der Waals surface area contributed by atoms with Gasteiger partial charge in [-0.15, -0.1) is 11.3 Å². The highest BCUT2D eigenvalue weighted by Crippen LogP contribution is 2.43. The van der Waals surface area contributed by atoms with E-state index in [2.05, 4.69) is 0 Å². The van der Waals surface area contributed by atoms with Crippen LogP contribution in [0.3, 0.4) is 0 Å². The van der Waals surface area contributed by atoms with Gasteiger partial charge in [-0.1, -0.05) is 60.7 Å². The molecule has 4 aromatic carbocycles. The Balaban J connectivity index is 1.18. The molecule has 44 heavy (non-hydrogen) atoms. The van der Waals surface area contributed by atoms with E-state index in [-0.39, 0.29) is 18.0 Å². The van der Waals surface area contributed by atoms with Crippen molar-refractivity contribution in [3.8, 4) is 23.0 Å². The maximum Gasteiger partial charge on any atom is 0.410 e. The molecule has 0 N–H and O–H groups in total. The van der Waals surface area contributed by atoms with Crippen LogP contribution in [-0.2, 0) is 11.3 Å². The molecule has 8 heteroatoms. The summed E-state index contributed by atoms with van der Waals surface area (Å²) in [5.41, 5.74) is 1.14. The van der Waals surface area contributed by atoms with Gasteiger partial charge < -0.3 is 23.8 Å². The normalized spacial score (nSPS) is 13.3. The first-order valence-corrected chi connectivity index (χ1v) is 15.3. The number of nitrogens with zero attached hydrogens (tertiary/aromatic N) is 1. The smallest absolute Gasteiger partial charge is 0.410 e. The maximum atomic E-state index is 13.6.